The molecule has 1 aromatic heterocycles. The van der Waals surface area contributed by atoms with Gasteiger partial charge in [0.25, 0.3) is 0 Å². The first-order valence-electron chi connectivity index (χ1n) is 8.53. The first kappa shape index (κ1) is 16.9. The Morgan fingerprint density at radius 1 is 1.26 bits per heavy atom. The van der Waals surface area contributed by atoms with Crippen LogP contribution in [0.1, 0.15) is 25.3 Å². The number of hydrogen-bond donors (Lipinski definition) is 1. The highest BCUT2D eigenvalue weighted by Crippen LogP contribution is 2.19. The molecule has 1 atom stereocenters. The van der Waals surface area contributed by atoms with Crippen molar-refractivity contribution >= 4 is 17.2 Å². The lowest BCUT2D eigenvalue weighted by molar-refractivity contribution is -0.130. The molecule has 0 aliphatic carbocycles. The van der Waals surface area contributed by atoms with Crippen LogP contribution in [0.2, 0.25) is 0 Å². The smallest absolute Gasteiger partial charge is 0.219 e. The first-order valence-corrected chi connectivity index (χ1v) is 9.47. The van der Waals surface area contributed by atoms with Gasteiger partial charge in [0.1, 0.15) is 0 Å². The van der Waals surface area contributed by atoms with E-state index in [2.05, 4.69) is 26.6 Å². The van der Waals surface area contributed by atoms with Crippen LogP contribution >= 0.6 is 11.3 Å². The Morgan fingerprint density at radius 3 is 2.70 bits per heavy atom. The molecule has 128 valence electrons. The second-order valence-corrected chi connectivity index (χ2v) is 7.53. The van der Waals surface area contributed by atoms with E-state index in [4.69, 9.17) is 0 Å². The minimum absolute atomic E-state index is 0.182. The van der Waals surface area contributed by atoms with E-state index in [0.29, 0.717) is 6.04 Å². The molecule has 3 rings (SSSR count). The summed E-state index contributed by atoms with van der Waals surface area (Å²) in [6.45, 7) is 7.79. The molecule has 0 saturated carbocycles. The normalized spacial score (nSPS) is 25.5. The minimum atomic E-state index is -0.290. The third kappa shape index (κ3) is 4.53. The highest BCUT2D eigenvalue weighted by atomic mass is 32.1. The van der Waals surface area contributed by atoms with Crippen LogP contribution < -0.4 is 0 Å². The van der Waals surface area contributed by atoms with Crippen molar-refractivity contribution in [1.29, 1.82) is 0 Å². The maximum Gasteiger partial charge on any atom is 0.219 e. The molecule has 0 aromatic carbocycles. The monoisotopic (exact) mass is 337 g/mol. The van der Waals surface area contributed by atoms with Gasteiger partial charge < -0.3 is 10.0 Å². The van der Waals surface area contributed by atoms with Crippen molar-refractivity contribution in [3.63, 3.8) is 0 Å². The number of rotatable bonds is 3. The van der Waals surface area contributed by atoms with Crippen LogP contribution in [0.5, 0.6) is 0 Å². The summed E-state index contributed by atoms with van der Waals surface area (Å²) < 4.78 is 0. The highest BCUT2D eigenvalue weighted by Gasteiger charge is 2.29. The summed E-state index contributed by atoms with van der Waals surface area (Å²) in [6.07, 6.45) is 1.76. The standard InChI is InChI=1S/C17H27N3O2S/c1-14(21)19-5-2-16(3-6-19)20-8-7-18(11-17(22)12-20)10-15-4-9-23-13-15/h4,9,13,16-17,22H,2-3,5-8,10-12H2,1H3/t17-/m1/s1. The number of carbonyl (C=O) groups is 1. The summed E-state index contributed by atoms with van der Waals surface area (Å²) in [4.78, 5) is 18.2. The largest absolute Gasteiger partial charge is 0.390 e. The number of likely N-dealkylation sites (tertiary alicyclic amines) is 1. The lowest BCUT2D eigenvalue weighted by Gasteiger charge is -2.38. The average Bonchev–Trinajstić information content (AvgIpc) is 2.96. The molecule has 0 spiro atoms. The van der Waals surface area contributed by atoms with Gasteiger partial charge >= 0.3 is 0 Å². The zero-order valence-electron chi connectivity index (χ0n) is 13.9. The number of aliphatic hydroxyl groups is 1. The molecule has 23 heavy (non-hydrogen) atoms. The van der Waals surface area contributed by atoms with E-state index < -0.39 is 0 Å². The van der Waals surface area contributed by atoms with Crippen molar-refractivity contribution in [2.24, 2.45) is 0 Å². The Kier molecular flexibility index (Phi) is 5.69. The quantitative estimate of drug-likeness (QED) is 0.901. The third-order valence-corrected chi connectivity index (χ3v) is 5.76. The zero-order chi connectivity index (χ0) is 16.2. The number of hydrogen-bond acceptors (Lipinski definition) is 5. The predicted molar refractivity (Wildman–Crippen MR) is 92.5 cm³/mol. The Balaban J connectivity index is 1.53. The van der Waals surface area contributed by atoms with E-state index in [1.807, 2.05) is 4.90 Å². The molecule has 1 aromatic rings. The molecule has 0 radical (unpaired) electrons. The zero-order valence-corrected chi connectivity index (χ0v) is 14.7. The molecule has 0 unspecified atom stereocenters. The van der Waals surface area contributed by atoms with Crippen LogP contribution in [0.4, 0.5) is 0 Å². The van der Waals surface area contributed by atoms with Crippen LogP contribution in [0.3, 0.4) is 0 Å². The molecule has 3 heterocycles. The highest BCUT2D eigenvalue weighted by molar-refractivity contribution is 7.07. The van der Waals surface area contributed by atoms with Crippen LogP contribution in [0.25, 0.3) is 0 Å². The summed E-state index contributed by atoms with van der Waals surface area (Å²) in [7, 11) is 0. The van der Waals surface area contributed by atoms with Gasteiger partial charge in [0.2, 0.25) is 5.91 Å². The Labute approximate surface area is 142 Å². The minimum Gasteiger partial charge on any atom is -0.390 e. The van der Waals surface area contributed by atoms with Crippen molar-refractivity contribution in [3.05, 3.63) is 22.4 Å². The van der Waals surface area contributed by atoms with E-state index in [-0.39, 0.29) is 12.0 Å². The summed E-state index contributed by atoms with van der Waals surface area (Å²) in [5.41, 5.74) is 1.34. The Hall–Kier alpha value is -0.950. The van der Waals surface area contributed by atoms with E-state index in [9.17, 15) is 9.90 Å². The lowest BCUT2D eigenvalue weighted by Crippen LogP contribution is -2.48. The van der Waals surface area contributed by atoms with Gasteiger partial charge in [-0.15, -0.1) is 0 Å². The fraction of sp³-hybridized carbons (Fsp3) is 0.706. The van der Waals surface area contributed by atoms with Gasteiger partial charge in [0.05, 0.1) is 6.10 Å². The molecule has 6 heteroatoms. The molecule has 2 saturated heterocycles. The number of nitrogens with zero attached hydrogens (tertiary/aromatic N) is 3. The van der Waals surface area contributed by atoms with Crippen molar-refractivity contribution in [2.75, 3.05) is 39.3 Å². The molecule has 2 aliphatic rings. The van der Waals surface area contributed by atoms with Crippen LogP contribution in [0, 0.1) is 0 Å². The molecule has 2 fully saturated rings. The number of thiophene rings is 1. The fourth-order valence-corrected chi connectivity index (χ4v) is 4.40. The average molecular weight is 337 g/mol. The summed E-state index contributed by atoms with van der Waals surface area (Å²) in [5, 5.41) is 14.7. The Bertz CT molecular complexity index is 500. The number of β-amino-alcohol motifs (C(OH)–C–C–N with tert-alkyl or cyclic N) is 1. The van der Waals surface area contributed by atoms with E-state index in [1.165, 1.54) is 5.56 Å². The topological polar surface area (TPSA) is 47.0 Å². The summed E-state index contributed by atoms with van der Waals surface area (Å²) >= 11 is 1.73. The fourth-order valence-electron chi connectivity index (χ4n) is 3.74. The van der Waals surface area contributed by atoms with Gasteiger partial charge in [0.15, 0.2) is 0 Å². The molecule has 1 amide bonds. The SMILES string of the molecule is CC(=O)N1CCC(N2CCN(Cc3ccsc3)C[C@@H](O)C2)CC1. The van der Waals surface area contributed by atoms with Crippen molar-refractivity contribution < 1.29 is 9.90 Å². The van der Waals surface area contributed by atoms with E-state index >= 15 is 0 Å². The predicted octanol–water partition coefficient (Wildman–Crippen LogP) is 1.24. The summed E-state index contributed by atoms with van der Waals surface area (Å²) in [5.74, 6) is 0.182. The maximum atomic E-state index is 11.4. The molecule has 0 bridgehead atoms. The molecular weight excluding hydrogens is 310 g/mol. The lowest BCUT2D eigenvalue weighted by atomic mass is 10.0. The van der Waals surface area contributed by atoms with Crippen molar-refractivity contribution in [2.45, 2.75) is 38.5 Å². The van der Waals surface area contributed by atoms with Gasteiger partial charge in [-0.05, 0) is 35.2 Å². The van der Waals surface area contributed by atoms with Crippen LogP contribution in [0.15, 0.2) is 16.8 Å². The number of carbonyl (C=O) groups excluding carboxylic acids is 1. The molecular formula is C17H27N3O2S. The van der Waals surface area contributed by atoms with Gasteiger partial charge in [-0.3, -0.25) is 14.6 Å². The molecule has 1 N–H and O–H groups in total. The van der Waals surface area contributed by atoms with E-state index in [1.54, 1.807) is 18.3 Å². The first-order chi connectivity index (χ1) is 11.1. The van der Waals surface area contributed by atoms with Gasteiger partial charge in [-0.1, -0.05) is 0 Å². The molecule has 2 aliphatic heterocycles. The van der Waals surface area contributed by atoms with Crippen LogP contribution in [-0.2, 0) is 11.3 Å². The second kappa shape index (κ2) is 7.75. The van der Waals surface area contributed by atoms with Crippen molar-refractivity contribution in [3.8, 4) is 0 Å². The number of amides is 1. The summed E-state index contributed by atoms with van der Waals surface area (Å²) in [6, 6.07) is 2.67. The second-order valence-electron chi connectivity index (χ2n) is 6.75. The van der Waals surface area contributed by atoms with Gasteiger partial charge in [-0.25, -0.2) is 0 Å². The van der Waals surface area contributed by atoms with Gasteiger partial charge in [-0.2, -0.15) is 11.3 Å². The maximum absolute atomic E-state index is 11.4. The van der Waals surface area contributed by atoms with Gasteiger partial charge in [0, 0.05) is 58.8 Å². The van der Waals surface area contributed by atoms with Crippen molar-refractivity contribution in [1.82, 2.24) is 14.7 Å². The molecule has 5 nitrogen and oxygen atoms in total. The van der Waals surface area contributed by atoms with Crippen LogP contribution in [-0.4, -0.2) is 77.1 Å². The van der Waals surface area contributed by atoms with E-state index in [0.717, 1.165) is 58.7 Å². The Morgan fingerprint density at radius 2 is 2.04 bits per heavy atom. The number of aliphatic hydroxyl groups excluding tert-OH is 1. The third-order valence-electron chi connectivity index (χ3n) is 5.03. The number of piperidine rings is 1.